The summed E-state index contributed by atoms with van der Waals surface area (Å²) in [5.74, 6) is 1.36. The Bertz CT molecular complexity index is 171. The van der Waals surface area contributed by atoms with Crippen molar-refractivity contribution >= 4 is 11.8 Å². The van der Waals surface area contributed by atoms with Crippen LogP contribution >= 0.6 is 11.8 Å². The lowest BCUT2D eigenvalue weighted by Gasteiger charge is -2.22. The lowest BCUT2D eigenvalue weighted by Crippen LogP contribution is -2.17. The summed E-state index contributed by atoms with van der Waals surface area (Å²) in [6, 6.07) is 0. The summed E-state index contributed by atoms with van der Waals surface area (Å²) in [5.41, 5.74) is 6.38. The van der Waals surface area contributed by atoms with Crippen molar-refractivity contribution in [3.8, 4) is 0 Å². The second kappa shape index (κ2) is 4.89. The molecule has 0 saturated heterocycles. The van der Waals surface area contributed by atoms with Crippen molar-refractivity contribution in [3.05, 3.63) is 0 Å². The van der Waals surface area contributed by atoms with E-state index < -0.39 is 0 Å². The second-order valence-corrected chi connectivity index (χ2v) is 6.49. The van der Waals surface area contributed by atoms with Crippen LogP contribution in [-0.4, -0.2) is 17.5 Å². The summed E-state index contributed by atoms with van der Waals surface area (Å²) in [7, 11) is 0. The zero-order chi connectivity index (χ0) is 9.86. The van der Waals surface area contributed by atoms with E-state index in [0.29, 0.717) is 5.41 Å². The maximum absolute atomic E-state index is 5.78. The first-order valence-corrected chi connectivity index (χ1v) is 7.21. The lowest BCUT2D eigenvalue weighted by molar-refractivity contribution is 0.501. The van der Waals surface area contributed by atoms with Crippen molar-refractivity contribution in [2.24, 2.45) is 11.1 Å². The highest BCUT2D eigenvalue weighted by atomic mass is 32.2. The van der Waals surface area contributed by atoms with E-state index in [4.69, 9.17) is 5.73 Å². The van der Waals surface area contributed by atoms with Gasteiger partial charge in [0.05, 0.1) is 0 Å². The number of hydrogen-bond acceptors (Lipinski definition) is 2. The van der Waals surface area contributed by atoms with Gasteiger partial charge in [-0.05, 0) is 49.8 Å². The van der Waals surface area contributed by atoms with E-state index in [1.807, 2.05) is 0 Å². The third-order valence-electron chi connectivity index (χ3n) is 3.93. The molecule has 2 aliphatic carbocycles. The number of rotatable bonds is 5. The molecule has 2 aliphatic rings. The highest BCUT2D eigenvalue weighted by Crippen LogP contribution is 2.48. The summed E-state index contributed by atoms with van der Waals surface area (Å²) in [4.78, 5) is 0. The molecule has 0 aromatic rings. The average molecular weight is 213 g/mol. The molecule has 82 valence electrons. The van der Waals surface area contributed by atoms with Gasteiger partial charge in [0.1, 0.15) is 0 Å². The van der Waals surface area contributed by atoms with Crippen LogP contribution in [0.4, 0.5) is 0 Å². The Labute approximate surface area is 92.2 Å². The van der Waals surface area contributed by atoms with Gasteiger partial charge in [0, 0.05) is 5.25 Å². The second-order valence-electron chi connectivity index (χ2n) is 5.08. The minimum atomic E-state index is 0.599. The van der Waals surface area contributed by atoms with Gasteiger partial charge in [-0.15, -0.1) is 0 Å². The molecule has 0 radical (unpaired) electrons. The fourth-order valence-electron chi connectivity index (χ4n) is 2.41. The largest absolute Gasteiger partial charge is 0.330 e. The van der Waals surface area contributed by atoms with Gasteiger partial charge in [-0.25, -0.2) is 0 Å². The summed E-state index contributed by atoms with van der Waals surface area (Å²) in [6.07, 6.45) is 11.5. The van der Waals surface area contributed by atoms with E-state index >= 15 is 0 Å². The molecule has 0 aromatic carbocycles. The van der Waals surface area contributed by atoms with Crippen LogP contribution in [0, 0.1) is 5.41 Å². The normalized spacial score (nSPS) is 26.4. The molecule has 2 saturated carbocycles. The molecule has 0 bridgehead atoms. The van der Waals surface area contributed by atoms with Crippen LogP contribution in [-0.2, 0) is 0 Å². The molecular weight excluding hydrogens is 190 g/mol. The fraction of sp³-hybridized carbons (Fsp3) is 1.00. The minimum Gasteiger partial charge on any atom is -0.330 e. The van der Waals surface area contributed by atoms with E-state index in [9.17, 15) is 0 Å². The number of hydrogen-bond donors (Lipinski definition) is 1. The molecule has 2 heteroatoms. The first-order valence-electron chi connectivity index (χ1n) is 6.16. The van der Waals surface area contributed by atoms with Gasteiger partial charge in [0.2, 0.25) is 0 Å². The summed E-state index contributed by atoms with van der Waals surface area (Å²) in [5, 5.41) is 0.984. The quantitative estimate of drug-likeness (QED) is 0.759. The van der Waals surface area contributed by atoms with E-state index in [2.05, 4.69) is 11.8 Å². The third kappa shape index (κ3) is 2.90. The van der Waals surface area contributed by atoms with Crippen molar-refractivity contribution in [1.82, 2.24) is 0 Å². The Balaban J connectivity index is 1.58. The molecule has 0 heterocycles. The van der Waals surface area contributed by atoms with E-state index in [-0.39, 0.29) is 0 Å². The van der Waals surface area contributed by atoms with Crippen LogP contribution in [0.5, 0.6) is 0 Å². The van der Waals surface area contributed by atoms with Crippen LogP contribution in [0.1, 0.15) is 51.4 Å². The Hall–Kier alpha value is 0.310. The smallest absolute Gasteiger partial charge is 0.00470 e. The van der Waals surface area contributed by atoms with Crippen LogP contribution in [0.15, 0.2) is 0 Å². The Morgan fingerprint density at radius 3 is 2.43 bits per heavy atom. The van der Waals surface area contributed by atoms with E-state index in [0.717, 1.165) is 11.8 Å². The van der Waals surface area contributed by atoms with E-state index in [1.54, 1.807) is 0 Å². The standard InChI is InChI=1S/C12H23NS/c13-10-12(6-7-12)8-9-14-11-4-2-1-3-5-11/h11H,1-10,13H2. The van der Waals surface area contributed by atoms with Gasteiger partial charge in [0.15, 0.2) is 0 Å². The predicted octanol–water partition coefficient (Wildman–Crippen LogP) is 3.18. The van der Waals surface area contributed by atoms with Crippen molar-refractivity contribution in [1.29, 1.82) is 0 Å². The zero-order valence-corrected chi connectivity index (χ0v) is 9.95. The number of thioether (sulfide) groups is 1. The molecule has 2 rings (SSSR count). The minimum absolute atomic E-state index is 0.599. The zero-order valence-electron chi connectivity index (χ0n) is 9.13. The Kier molecular flexibility index (Phi) is 3.78. The molecule has 1 nitrogen and oxygen atoms in total. The Morgan fingerprint density at radius 1 is 1.14 bits per heavy atom. The van der Waals surface area contributed by atoms with Crippen LogP contribution in [0.25, 0.3) is 0 Å². The van der Waals surface area contributed by atoms with Crippen LogP contribution < -0.4 is 5.73 Å². The molecule has 0 aliphatic heterocycles. The average Bonchev–Trinajstić information content (AvgIpc) is 3.00. The third-order valence-corrected chi connectivity index (χ3v) is 5.31. The van der Waals surface area contributed by atoms with Gasteiger partial charge >= 0.3 is 0 Å². The molecule has 0 spiro atoms. The molecule has 0 unspecified atom stereocenters. The van der Waals surface area contributed by atoms with Crippen LogP contribution in [0.3, 0.4) is 0 Å². The monoisotopic (exact) mass is 213 g/mol. The summed E-state index contributed by atoms with van der Waals surface area (Å²) < 4.78 is 0. The molecule has 2 fully saturated rings. The molecule has 0 amide bonds. The number of nitrogens with two attached hydrogens (primary N) is 1. The maximum atomic E-state index is 5.78. The maximum Gasteiger partial charge on any atom is 0.00470 e. The SMILES string of the molecule is NCC1(CCSC2CCCCC2)CC1. The van der Waals surface area contributed by atoms with E-state index in [1.165, 1.54) is 57.1 Å². The Morgan fingerprint density at radius 2 is 1.86 bits per heavy atom. The highest BCUT2D eigenvalue weighted by molar-refractivity contribution is 7.99. The van der Waals surface area contributed by atoms with Crippen molar-refractivity contribution in [2.75, 3.05) is 12.3 Å². The lowest BCUT2D eigenvalue weighted by atomic mass is 10.0. The molecular formula is C12H23NS. The molecule has 0 atom stereocenters. The van der Waals surface area contributed by atoms with Crippen molar-refractivity contribution in [2.45, 2.75) is 56.6 Å². The first-order chi connectivity index (χ1) is 6.85. The van der Waals surface area contributed by atoms with Gasteiger partial charge in [-0.3, -0.25) is 0 Å². The topological polar surface area (TPSA) is 26.0 Å². The molecule has 2 N–H and O–H groups in total. The van der Waals surface area contributed by atoms with Gasteiger partial charge in [-0.1, -0.05) is 19.3 Å². The van der Waals surface area contributed by atoms with Crippen LogP contribution in [0.2, 0.25) is 0 Å². The van der Waals surface area contributed by atoms with Crippen molar-refractivity contribution in [3.63, 3.8) is 0 Å². The fourth-order valence-corrected chi connectivity index (χ4v) is 3.96. The van der Waals surface area contributed by atoms with Crippen molar-refractivity contribution < 1.29 is 0 Å². The highest BCUT2D eigenvalue weighted by Gasteiger charge is 2.40. The predicted molar refractivity (Wildman–Crippen MR) is 64.7 cm³/mol. The van der Waals surface area contributed by atoms with Gasteiger partial charge in [0.25, 0.3) is 0 Å². The summed E-state index contributed by atoms with van der Waals surface area (Å²) in [6.45, 7) is 0.929. The summed E-state index contributed by atoms with van der Waals surface area (Å²) >= 11 is 2.22. The molecule has 14 heavy (non-hydrogen) atoms. The molecule has 0 aromatic heterocycles. The first kappa shape index (κ1) is 10.8. The van der Waals surface area contributed by atoms with Gasteiger partial charge in [-0.2, -0.15) is 11.8 Å². The van der Waals surface area contributed by atoms with Gasteiger partial charge < -0.3 is 5.73 Å².